The lowest BCUT2D eigenvalue weighted by Gasteiger charge is -2.23. The minimum absolute atomic E-state index is 0.0275. The second kappa shape index (κ2) is 6.09. The Hall–Kier alpha value is -2.23. The average molecular weight is 260 g/mol. The smallest absolute Gasteiger partial charge is 0.293 e. The summed E-state index contributed by atoms with van der Waals surface area (Å²) >= 11 is 0. The van der Waals surface area contributed by atoms with Crippen LogP contribution < -0.4 is 4.74 Å². The molecule has 0 fully saturated rings. The van der Waals surface area contributed by atoms with Crippen LogP contribution in [0.15, 0.2) is 47.3 Å². The Balaban J connectivity index is 2.36. The van der Waals surface area contributed by atoms with E-state index in [2.05, 4.69) is 0 Å². The van der Waals surface area contributed by atoms with Crippen molar-refractivity contribution in [3.8, 4) is 5.75 Å². The molecule has 0 saturated carbocycles. The first-order valence-corrected chi connectivity index (χ1v) is 6.02. The van der Waals surface area contributed by atoms with Gasteiger partial charge in [-0.15, -0.1) is 0 Å². The number of carbonyl (C=O) groups excluding carboxylic acids is 1. The van der Waals surface area contributed by atoms with E-state index >= 15 is 0 Å². The van der Waals surface area contributed by atoms with Crippen LogP contribution in [0.5, 0.6) is 5.75 Å². The predicted molar refractivity (Wildman–Crippen MR) is 70.0 cm³/mol. The van der Waals surface area contributed by atoms with Crippen LogP contribution in [0.3, 0.4) is 0 Å². The van der Waals surface area contributed by atoms with Crippen LogP contribution in [0.1, 0.15) is 30.1 Å². The van der Waals surface area contributed by atoms with Crippen LogP contribution in [0, 0.1) is 0 Å². The van der Waals surface area contributed by atoms with Gasteiger partial charge in [-0.3, -0.25) is 4.79 Å². The van der Waals surface area contributed by atoms with Crippen LogP contribution in [-0.4, -0.2) is 13.6 Å². The van der Waals surface area contributed by atoms with Gasteiger partial charge in [-0.25, -0.2) is 0 Å². The maximum atomic E-state index is 10.8. The second-order valence-electron chi connectivity index (χ2n) is 4.24. The third-order valence-corrected chi connectivity index (χ3v) is 3.17. The van der Waals surface area contributed by atoms with Gasteiger partial charge in [0.05, 0.1) is 19.6 Å². The number of methoxy groups -OCH3 is 1. The number of rotatable bonds is 6. The normalized spacial score (nSPS) is 13.6. The molecule has 1 heterocycles. The minimum Gasteiger partial charge on any atom is -0.496 e. The Morgan fingerprint density at radius 2 is 2.05 bits per heavy atom. The molecule has 2 atom stereocenters. The maximum absolute atomic E-state index is 10.8. The third kappa shape index (κ3) is 2.78. The molecule has 1 aromatic heterocycles. The largest absolute Gasteiger partial charge is 0.496 e. The number of ether oxygens (including phenoxy) is 2. The summed E-state index contributed by atoms with van der Waals surface area (Å²) in [7, 11) is 1.60. The van der Waals surface area contributed by atoms with Crippen LogP contribution in [-0.2, 0) is 9.53 Å². The van der Waals surface area contributed by atoms with Crippen LogP contribution in [0.4, 0.5) is 0 Å². The van der Waals surface area contributed by atoms with Crippen molar-refractivity contribution in [1.29, 1.82) is 0 Å². The summed E-state index contributed by atoms with van der Waals surface area (Å²) in [4.78, 5) is 10.8. The van der Waals surface area contributed by atoms with Gasteiger partial charge in [0.25, 0.3) is 6.47 Å². The molecule has 2 rings (SSSR count). The van der Waals surface area contributed by atoms with E-state index in [1.54, 1.807) is 19.6 Å². The van der Waals surface area contributed by atoms with E-state index in [4.69, 9.17) is 13.9 Å². The number of para-hydroxylation sites is 1. The highest BCUT2D eigenvalue weighted by atomic mass is 16.5. The van der Waals surface area contributed by atoms with E-state index in [1.165, 1.54) is 0 Å². The topological polar surface area (TPSA) is 48.7 Å². The van der Waals surface area contributed by atoms with Gasteiger partial charge >= 0.3 is 0 Å². The number of furan rings is 1. The number of hydrogen-bond acceptors (Lipinski definition) is 4. The molecule has 19 heavy (non-hydrogen) atoms. The molecule has 0 aliphatic heterocycles. The van der Waals surface area contributed by atoms with Gasteiger partial charge in [-0.2, -0.15) is 0 Å². The van der Waals surface area contributed by atoms with Gasteiger partial charge in [0.1, 0.15) is 11.9 Å². The van der Waals surface area contributed by atoms with Crippen molar-refractivity contribution < 1.29 is 18.7 Å². The monoisotopic (exact) mass is 260 g/mol. The lowest BCUT2D eigenvalue weighted by molar-refractivity contribution is -0.134. The van der Waals surface area contributed by atoms with Crippen molar-refractivity contribution in [2.45, 2.75) is 18.9 Å². The molecule has 0 radical (unpaired) electrons. The molecule has 0 spiro atoms. The summed E-state index contributed by atoms with van der Waals surface area (Å²) in [6.07, 6.45) is 2.85. The fourth-order valence-electron chi connectivity index (χ4n) is 2.13. The van der Waals surface area contributed by atoms with E-state index in [0.717, 1.165) is 11.1 Å². The molecule has 4 nitrogen and oxygen atoms in total. The number of hydrogen-bond donors (Lipinski definition) is 0. The Bertz CT molecular complexity index is 519. The summed E-state index contributed by atoms with van der Waals surface area (Å²) in [5.74, 6) is 0.671. The van der Waals surface area contributed by atoms with Gasteiger partial charge in [0.2, 0.25) is 0 Å². The predicted octanol–water partition coefficient (Wildman–Crippen LogP) is 3.31. The Labute approximate surface area is 111 Å². The highest BCUT2D eigenvalue weighted by molar-refractivity contribution is 5.43. The summed E-state index contributed by atoms with van der Waals surface area (Å²) in [5, 5.41) is 0. The molecule has 0 amide bonds. The quantitative estimate of drug-likeness (QED) is 0.748. The molecule has 0 bridgehead atoms. The standard InChI is InChI=1S/C15H16O4/c1-11(12-7-8-18-9-12)15(19-10-16)13-5-3-4-6-14(13)17-2/h3-11,15H,1-2H3. The van der Waals surface area contributed by atoms with E-state index in [1.807, 2.05) is 37.3 Å². The maximum Gasteiger partial charge on any atom is 0.293 e. The van der Waals surface area contributed by atoms with Crippen LogP contribution >= 0.6 is 0 Å². The molecule has 4 heteroatoms. The molecule has 0 saturated heterocycles. The highest BCUT2D eigenvalue weighted by Gasteiger charge is 2.25. The fourth-order valence-corrected chi connectivity index (χ4v) is 2.13. The Morgan fingerprint density at radius 3 is 2.68 bits per heavy atom. The molecule has 0 aliphatic rings. The lowest BCUT2D eigenvalue weighted by Crippen LogP contribution is -2.12. The minimum atomic E-state index is -0.411. The van der Waals surface area contributed by atoms with Gasteiger partial charge in [0, 0.05) is 11.5 Å². The van der Waals surface area contributed by atoms with Gasteiger partial charge in [-0.1, -0.05) is 25.1 Å². The van der Waals surface area contributed by atoms with E-state index in [-0.39, 0.29) is 5.92 Å². The molecule has 100 valence electrons. The van der Waals surface area contributed by atoms with Crippen molar-refractivity contribution in [3.63, 3.8) is 0 Å². The highest BCUT2D eigenvalue weighted by Crippen LogP contribution is 2.37. The number of carbonyl (C=O) groups is 1. The van der Waals surface area contributed by atoms with E-state index in [0.29, 0.717) is 12.2 Å². The molecule has 0 aliphatic carbocycles. The van der Waals surface area contributed by atoms with E-state index < -0.39 is 6.10 Å². The zero-order valence-electron chi connectivity index (χ0n) is 10.9. The summed E-state index contributed by atoms with van der Waals surface area (Å²) in [6.45, 7) is 2.44. The first-order chi connectivity index (χ1) is 9.27. The van der Waals surface area contributed by atoms with Crippen molar-refractivity contribution in [3.05, 3.63) is 54.0 Å². The molecule has 0 N–H and O–H groups in total. The van der Waals surface area contributed by atoms with Crippen molar-refractivity contribution in [2.24, 2.45) is 0 Å². The first kappa shape index (κ1) is 13.2. The first-order valence-electron chi connectivity index (χ1n) is 6.02. The zero-order valence-corrected chi connectivity index (χ0v) is 10.9. The Kier molecular flexibility index (Phi) is 4.23. The van der Waals surface area contributed by atoms with Crippen LogP contribution in [0.2, 0.25) is 0 Å². The lowest BCUT2D eigenvalue weighted by atomic mass is 9.92. The van der Waals surface area contributed by atoms with Crippen LogP contribution in [0.25, 0.3) is 0 Å². The second-order valence-corrected chi connectivity index (χ2v) is 4.24. The zero-order chi connectivity index (χ0) is 13.7. The SMILES string of the molecule is COc1ccccc1C(OC=O)C(C)c1ccoc1. The molecular formula is C15H16O4. The number of benzene rings is 1. The van der Waals surface area contributed by atoms with E-state index in [9.17, 15) is 4.79 Å². The van der Waals surface area contributed by atoms with Crippen molar-refractivity contribution in [1.82, 2.24) is 0 Å². The molecule has 1 aromatic carbocycles. The van der Waals surface area contributed by atoms with Crippen molar-refractivity contribution >= 4 is 6.47 Å². The van der Waals surface area contributed by atoms with Gasteiger partial charge in [0.15, 0.2) is 0 Å². The molecular weight excluding hydrogens is 244 g/mol. The third-order valence-electron chi connectivity index (χ3n) is 3.17. The fraction of sp³-hybridized carbons (Fsp3) is 0.267. The molecule has 2 aromatic rings. The summed E-state index contributed by atoms with van der Waals surface area (Å²) in [5.41, 5.74) is 1.81. The average Bonchev–Trinajstić information content (AvgIpc) is 2.98. The van der Waals surface area contributed by atoms with Gasteiger partial charge in [-0.05, 0) is 17.7 Å². The summed E-state index contributed by atoms with van der Waals surface area (Å²) in [6, 6.07) is 9.37. The summed E-state index contributed by atoms with van der Waals surface area (Å²) < 4.78 is 15.7. The van der Waals surface area contributed by atoms with Crippen molar-refractivity contribution in [2.75, 3.05) is 7.11 Å². The molecule has 2 unspecified atom stereocenters. The van der Waals surface area contributed by atoms with Gasteiger partial charge < -0.3 is 13.9 Å². The Morgan fingerprint density at radius 1 is 1.26 bits per heavy atom.